The third kappa shape index (κ3) is 5.03. The molecule has 1 aliphatic heterocycles. The van der Waals surface area contributed by atoms with Crippen molar-refractivity contribution in [2.45, 2.75) is 50.7 Å². The standard InChI is InChI=1S/C20H28N4O2S/c1-3-4-14-24-19(16-8-10-17(26-2)11-9-16)21-22-20(24)27-15-18(25)23-12-6-5-7-13-23/h8-11H,3-7,12-15H2,1-2H3. The molecule has 2 aromatic rings. The first kappa shape index (κ1) is 19.7. The number of methoxy groups -OCH3 is 1. The molecule has 1 fully saturated rings. The van der Waals surface area contributed by atoms with Gasteiger partial charge in [-0.25, -0.2) is 0 Å². The predicted octanol–water partition coefficient (Wildman–Crippen LogP) is 3.86. The highest BCUT2D eigenvalue weighted by Gasteiger charge is 2.19. The SMILES string of the molecule is CCCCn1c(SCC(=O)N2CCCCC2)nnc1-c1ccc(OC)cc1. The van der Waals surface area contributed by atoms with Crippen LogP contribution < -0.4 is 4.74 Å². The Hall–Kier alpha value is -2.02. The number of amides is 1. The zero-order valence-corrected chi connectivity index (χ0v) is 17.0. The molecule has 2 heterocycles. The van der Waals surface area contributed by atoms with Gasteiger partial charge in [-0.05, 0) is 49.9 Å². The summed E-state index contributed by atoms with van der Waals surface area (Å²) >= 11 is 1.50. The fraction of sp³-hybridized carbons (Fsp3) is 0.550. The van der Waals surface area contributed by atoms with Gasteiger partial charge < -0.3 is 14.2 Å². The van der Waals surface area contributed by atoms with Gasteiger partial charge in [-0.1, -0.05) is 25.1 Å². The number of piperidine rings is 1. The van der Waals surface area contributed by atoms with Crippen molar-refractivity contribution in [3.05, 3.63) is 24.3 Å². The lowest BCUT2D eigenvalue weighted by Crippen LogP contribution is -2.36. The number of likely N-dealkylation sites (tertiary alicyclic amines) is 1. The Balaban J connectivity index is 1.73. The monoisotopic (exact) mass is 388 g/mol. The molecule has 1 amide bonds. The van der Waals surface area contributed by atoms with E-state index in [0.29, 0.717) is 5.75 Å². The molecule has 7 heteroatoms. The highest BCUT2D eigenvalue weighted by atomic mass is 32.2. The van der Waals surface area contributed by atoms with E-state index in [9.17, 15) is 4.79 Å². The third-order valence-electron chi connectivity index (χ3n) is 4.83. The normalized spacial score (nSPS) is 14.4. The van der Waals surface area contributed by atoms with Crippen molar-refractivity contribution in [2.75, 3.05) is 26.0 Å². The average Bonchev–Trinajstić information content (AvgIpc) is 3.13. The second kappa shape index (κ2) is 9.78. The minimum absolute atomic E-state index is 0.204. The van der Waals surface area contributed by atoms with Crippen LogP contribution in [0.25, 0.3) is 11.4 Å². The van der Waals surface area contributed by atoms with Crippen LogP contribution in [-0.4, -0.2) is 51.5 Å². The number of ether oxygens (including phenoxy) is 1. The first-order valence-electron chi connectivity index (χ1n) is 9.71. The van der Waals surface area contributed by atoms with E-state index in [1.165, 1.54) is 18.2 Å². The van der Waals surface area contributed by atoms with Gasteiger partial charge in [0.05, 0.1) is 12.9 Å². The van der Waals surface area contributed by atoms with E-state index in [-0.39, 0.29) is 5.91 Å². The highest BCUT2D eigenvalue weighted by molar-refractivity contribution is 7.99. The van der Waals surface area contributed by atoms with Crippen LogP contribution in [0.3, 0.4) is 0 Å². The number of rotatable bonds is 8. The summed E-state index contributed by atoms with van der Waals surface area (Å²) in [4.78, 5) is 14.5. The maximum Gasteiger partial charge on any atom is 0.233 e. The minimum atomic E-state index is 0.204. The van der Waals surface area contributed by atoms with Crippen molar-refractivity contribution in [3.8, 4) is 17.1 Å². The number of carbonyl (C=O) groups excluding carboxylic acids is 1. The van der Waals surface area contributed by atoms with Crippen molar-refractivity contribution in [1.29, 1.82) is 0 Å². The molecule has 1 saturated heterocycles. The largest absolute Gasteiger partial charge is 0.497 e. The van der Waals surface area contributed by atoms with Crippen LogP contribution >= 0.6 is 11.8 Å². The number of aromatic nitrogens is 3. The van der Waals surface area contributed by atoms with Gasteiger partial charge in [-0.3, -0.25) is 4.79 Å². The van der Waals surface area contributed by atoms with Crippen molar-refractivity contribution in [3.63, 3.8) is 0 Å². The molecule has 0 radical (unpaired) electrons. The van der Waals surface area contributed by atoms with Crippen LogP contribution in [0.15, 0.2) is 29.4 Å². The topological polar surface area (TPSA) is 60.2 Å². The van der Waals surface area contributed by atoms with Gasteiger partial charge >= 0.3 is 0 Å². The zero-order chi connectivity index (χ0) is 19.1. The van der Waals surface area contributed by atoms with Gasteiger partial charge in [0.15, 0.2) is 11.0 Å². The molecule has 0 saturated carbocycles. The summed E-state index contributed by atoms with van der Waals surface area (Å²) in [5.41, 5.74) is 1.01. The Morgan fingerprint density at radius 3 is 2.56 bits per heavy atom. The quantitative estimate of drug-likeness (QED) is 0.643. The van der Waals surface area contributed by atoms with E-state index in [2.05, 4.69) is 21.7 Å². The molecule has 0 atom stereocenters. The highest BCUT2D eigenvalue weighted by Crippen LogP contribution is 2.26. The molecule has 1 aliphatic rings. The molecule has 0 N–H and O–H groups in total. The van der Waals surface area contributed by atoms with Gasteiger partial charge in [0.2, 0.25) is 5.91 Å². The van der Waals surface area contributed by atoms with Gasteiger partial charge in [-0.15, -0.1) is 10.2 Å². The molecular formula is C20H28N4O2S. The van der Waals surface area contributed by atoms with Gasteiger partial charge in [-0.2, -0.15) is 0 Å². The number of nitrogens with zero attached hydrogens (tertiary/aromatic N) is 4. The number of thioether (sulfide) groups is 1. The number of hydrogen-bond donors (Lipinski definition) is 0. The summed E-state index contributed by atoms with van der Waals surface area (Å²) < 4.78 is 7.38. The van der Waals surface area contributed by atoms with Crippen molar-refractivity contribution in [2.24, 2.45) is 0 Å². The predicted molar refractivity (Wildman–Crippen MR) is 108 cm³/mol. The Morgan fingerprint density at radius 2 is 1.89 bits per heavy atom. The third-order valence-corrected chi connectivity index (χ3v) is 5.79. The van der Waals surface area contributed by atoms with Gasteiger partial charge in [0.1, 0.15) is 5.75 Å². The summed E-state index contributed by atoms with van der Waals surface area (Å²) in [5, 5.41) is 9.61. The number of carbonyl (C=O) groups is 1. The molecule has 3 rings (SSSR count). The average molecular weight is 389 g/mol. The Morgan fingerprint density at radius 1 is 1.15 bits per heavy atom. The first-order valence-corrected chi connectivity index (χ1v) is 10.7. The molecule has 0 spiro atoms. The first-order chi connectivity index (χ1) is 13.2. The van der Waals surface area contributed by atoms with E-state index in [0.717, 1.165) is 67.6 Å². The van der Waals surface area contributed by atoms with Crippen LogP contribution in [-0.2, 0) is 11.3 Å². The van der Waals surface area contributed by atoms with E-state index >= 15 is 0 Å². The maximum atomic E-state index is 12.5. The van der Waals surface area contributed by atoms with E-state index < -0.39 is 0 Å². The Bertz CT molecular complexity index is 739. The van der Waals surface area contributed by atoms with E-state index in [4.69, 9.17) is 4.74 Å². The molecule has 1 aromatic carbocycles. The molecule has 0 unspecified atom stereocenters. The second-order valence-corrected chi connectivity index (χ2v) is 7.71. The lowest BCUT2D eigenvalue weighted by Gasteiger charge is -2.26. The zero-order valence-electron chi connectivity index (χ0n) is 16.2. The van der Waals surface area contributed by atoms with Crippen molar-refractivity contribution < 1.29 is 9.53 Å². The van der Waals surface area contributed by atoms with E-state index in [1.807, 2.05) is 29.2 Å². The Kier molecular flexibility index (Phi) is 7.15. The molecular weight excluding hydrogens is 360 g/mol. The van der Waals surface area contributed by atoms with Crippen LogP contribution in [0, 0.1) is 0 Å². The summed E-state index contributed by atoms with van der Waals surface area (Å²) in [6.45, 7) is 4.80. The molecule has 0 aliphatic carbocycles. The van der Waals surface area contributed by atoms with Crippen LogP contribution in [0.1, 0.15) is 39.0 Å². The number of unbranched alkanes of at least 4 members (excludes halogenated alkanes) is 1. The molecule has 6 nitrogen and oxygen atoms in total. The summed E-state index contributed by atoms with van der Waals surface area (Å²) in [6, 6.07) is 7.86. The summed E-state index contributed by atoms with van der Waals surface area (Å²) in [5.74, 6) is 2.29. The molecule has 0 bridgehead atoms. The van der Waals surface area contributed by atoms with Crippen molar-refractivity contribution in [1.82, 2.24) is 19.7 Å². The molecule has 1 aromatic heterocycles. The molecule has 27 heavy (non-hydrogen) atoms. The van der Waals surface area contributed by atoms with Gasteiger partial charge in [0.25, 0.3) is 0 Å². The maximum absolute atomic E-state index is 12.5. The van der Waals surface area contributed by atoms with Crippen molar-refractivity contribution >= 4 is 17.7 Å². The number of hydrogen-bond acceptors (Lipinski definition) is 5. The van der Waals surface area contributed by atoms with Crippen LogP contribution in [0.2, 0.25) is 0 Å². The summed E-state index contributed by atoms with van der Waals surface area (Å²) in [6.07, 6.45) is 5.61. The lowest BCUT2D eigenvalue weighted by molar-refractivity contribution is -0.129. The smallest absolute Gasteiger partial charge is 0.233 e. The molecule has 146 valence electrons. The fourth-order valence-corrected chi connectivity index (χ4v) is 4.10. The van der Waals surface area contributed by atoms with Gasteiger partial charge in [0, 0.05) is 25.2 Å². The number of benzene rings is 1. The lowest BCUT2D eigenvalue weighted by atomic mass is 10.1. The summed E-state index contributed by atoms with van der Waals surface area (Å²) in [7, 11) is 1.66. The Labute approximate surface area is 165 Å². The fourth-order valence-electron chi connectivity index (χ4n) is 3.23. The van der Waals surface area contributed by atoms with Crippen LogP contribution in [0.5, 0.6) is 5.75 Å². The van der Waals surface area contributed by atoms with E-state index in [1.54, 1.807) is 7.11 Å². The minimum Gasteiger partial charge on any atom is -0.497 e. The second-order valence-electron chi connectivity index (χ2n) is 6.77. The van der Waals surface area contributed by atoms with Crippen LogP contribution in [0.4, 0.5) is 0 Å².